The molecule has 6 rings (SSSR count). The second-order valence-electron chi connectivity index (χ2n) is 8.99. The highest BCUT2D eigenvalue weighted by Crippen LogP contribution is 2.44. The van der Waals surface area contributed by atoms with E-state index in [-0.39, 0.29) is 6.10 Å². The molecule has 1 aliphatic carbocycles. The van der Waals surface area contributed by atoms with Gasteiger partial charge in [-0.1, -0.05) is 12.1 Å². The number of pyridine rings is 2. The molecule has 2 atom stereocenters. The van der Waals surface area contributed by atoms with Crippen LogP contribution in [0.25, 0.3) is 33.3 Å². The maximum absolute atomic E-state index is 10.1. The van der Waals surface area contributed by atoms with Crippen LogP contribution in [0.4, 0.5) is 11.4 Å². The van der Waals surface area contributed by atoms with E-state index in [1.54, 1.807) is 4.68 Å². The first-order chi connectivity index (χ1) is 15.6. The monoisotopic (exact) mass is 426 g/mol. The lowest BCUT2D eigenvalue weighted by molar-refractivity contribution is 0.181. The summed E-state index contributed by atoms with van der Waals surface area (Å²) in [4.78, 5) is 14.1. The molecule has 32 heavy (non-hydrogen) atoms. The Hall–Kier alpha value is -3.45. The van der Waals surface area contributed by atoms with Gasteiger partial charge in [0.1, 0.15) is 0 Å². The van der Waals surface area contributed by atoms with Crippen molar-refractivity contribution in [2.45, 2.75) is 31.4 Å². The molecule has 3 aromatic heterocycles. The van der Waals surface area contributed by atoms with Crippen LogP contribution in [0.15, 0.2) is 55.1 Å². The number of rotatable bonds is 3. The molecule has 4 aromatic rings. The average molecular weight is 427 g/mol. The molecule has 7 heteroatoms. The van der Waals surface area contributed by atoms with Crippen LogP contribution in [0.3, 0.4) is 0 Å². The third-order valence-corrected chi connectivity index (χ3v) is 6.80. The Morgan fingerprint density at radius 3 is 2.53 bits per heavy atom. The van der Waals surface area contributed by atoms with E-state index in [1.807, 2.05) is 37.9 Å². The molecule has 2 aliphatic rings. The SMILES string of the molecule is CN1CN(C2CCC(O)C2)c2c1cnc1ccc(-c3ccc(-c4cnn(C)c4)nc3)cc21. The third-order valence-electron chi connectivity index (χ3n) is 6.80. The number of fused-ring (bicyclic) bond motifs is 3. The van der Waals surface area contributed by atoms with Gasteiger partial charge < -0.3 is 14.9 Å². The van der Waals surface area contributed by atoms with Crippen LogP contribution in [0.5, 0.6) is 0 Å². The molecule has 0 radical (unpaired) electrons. The van der Waals surface area contributed by atoms with Crippen molar-refractivity contribution in [1.29, 1.82) is 0 Å². The van der Waals surface area contributed by atoms with Gasteiger partial charge in [-0.05, 0) is 43.0 Å². The highest BCUT2D eigenvalue weighted by Gasteiger charge is 2.35. The molecule has 0 amide bonds. The summed E-state index contributed by atoms with van der Waals surface area (Å²) in [6.07, 6.45) is 10.3. The standard InChI is InChI=1S/C25H26N6O/c1-29-15-31(19-5-6-20(32)10-19)25-21-9-16(3-8-23(21)27-13-24(25)29)17-4-7-22(26-11-17)18-12-28-30(2)14-18/h3-4,7-9,11-14,19-20,32H,5-6,10,15H2,1-2H3. The highest BCUT2D eigenvalue weighted by atomic mass is 16.3. The Kier molecular flexibility index (Phi) is 4.40. The molecule has 1 N–H and O–H groups in total. The van der Waals surface area contributed by atoms with E-state index in [1.165, 1.54) is 5.69 Å². The number of hydrogen-bond donors (Lipinski definition) is 1. The van der Waals surface area contributed by atoms with Gasteiger partial charge >= 0.3 is 0 Å². The van der Waals surface area contributed by atoms with Gasteiger partial charge in [0.15, 0.2) is 0 Å². The molecule has 1 fully saturated rings. The van der Waals surface area contributed by atoms with Crippen LogP contribution in [-0.4, -0.2) is 50.7 Å². The molecule has 0 spiro atoms. The largest absolute Gasteiger partial charge is 0.393 e. The number of hydrogen-bond acceptors (Lipinski definition) is 6. The van der Waals surface area contributed by atoms with Gasteiger partial charge in [0.05, 0.1) is 47.8 Å². The lowest BCUT2D eigenvalue weighted by atomic mass is 10.0. The molecule has 0 bridgehead atoms. The topological polar surface area (TPSA) is 70.3 Å². The minimum absolute atomic E-state index is 0.192. The van der Waals surface area contributed by atoms with E-state index in [0.29, 0.717) is 6.04 Å². The van der Waals surface area contributed by atoms with Gasteiger partial charge in [0.2, 0.25) is 0 Å². The average Bonchev–Trinajstić information content (AvgIpc) is 3.52. The third kappa shape index (κ3) is 3.12. The molecule has 0 saturated heterocycles. The zero-order valence-electron chi connectivity index (χ0n) is 18.3. The molecule has 2 unspecified atom stereocenters. The van der Waals surface area contributed by atoms with E-state index < -0.39 is 0 Å². The van der Waals surface area contributed by atoms with Gasteiger partial charge in [-0.25, -0.2) is 0 Å². The quantitative estimate of drug-likeness (QED) is 0.537. The fourth-order valence-electron chi connectivity index (χ4n) is 5.11. The minimum Gasteiger partial charge on any atom is -0.393 e. The van der Waals surface area contributed by atoms with Crippen molar-refractivity contribution in [2.24, 2.45) is 7.05 Å². The molecule has 4 heterocycles. The van der Waals surface area contributed by atoms with Crippen molar-refractivity contribution in [1.82, 2.24) is 19.7 Å². The summed E-state index contributed by atoms with van der Waals surface area (Å²) in [6.45, 7) is 0.832. The van der Waals surface area contributed by atoms with Crippen LogP contribution in [-0.2, 0) is 7.05 Å². The number of benzene rings is 1. The van der Waals surface area contributed by atoms with E-state index in [2.05, 4.69) is 51.2 Å². The Morgan fingerprint density at radius 2 is 1.81 bits per heavy atom. The Balaban J connectivity index is 1.41. The molecule has 1 aromatic carbocycles. The summed E-state index contributed by atoms with van der Waals surface area (Å²) < 4.78 is 1.79. The normalized spacial score (nSPS) is 20.3. The number of aliphatic hydroxyl groups is 1. The van der Waals surface area contributed by atoms with Crippen molar-refractivity contribution in [2.75, 3.05) is 23.5 Å². The second kappa shape index (κ2) is 7.31. The Morgan fingerprint density at radius 1 is 0.938 bits per heavy atom. The summed E-state index contributed by atoms with van der Waals surface area (Å²) in [7, 11) is 4.02. The minimum atomic E-state index is -0.192. The number of anilines is 2. The summed E-state index contributed by atoms with van der Waals surface area (Å²) >= 11 is 0. The van der Waals surface area contributed by atoms with Crippen LogP contribution in [0.1, 0.15) is 19.3 Å². The van der Waals surface area contributed by atoms with Gasteiger partial charge in [-0.15, -0.1) is 0 Å². The maximum Gasteiger partial charge on any atom is 0.0904 e. The Labute approximate surface area is 186 Å². The summed E-state index contributed by atoms with van der Waals surface area (Å²) in [5.41, 5.74) is 7.51. The fraction of sp³-hybridized carbons (Fsp3) is 0.320. The Bertz CT molecular complexity index is 1300. The number of aryl methyl sites for hydroxylation is 1. The lowest BCUT2D eigenvalue weighted by Gasteiger charge is -2.27. The van der Waals surface area contributed by atoms with Crippen LogP contribution in [0, 0.1) is 0 Å². The van der Waals surface area contributed by atoms with Crippen molar-refractivity contribution < 1.29 is 5.11 Å². The van der Waals surface area contributed by atoms with E-state index in [0.717, 1.165) is 64.9 Å². The molecule has 1 saturated carbocycles. The van der Waals surface area contributed by atoms with Crippen LogP contribution < -0.4 is 9.80 Å². The van der Waals surface area contributed by atoms with E-state index in [4.69, 9.17) is 4.98 Å². The van der Waals surface area contributed by atoms with Gasteiger partial charge in [0.25, 0.3) is 0 Å². The van der Waals surface area contributed by atoms with Gasteiger partial charge in [-0.3, -0.25) is 14.6 Å². The smallest absolute Gasteiger partial charge is 0.0904 e. The summed E-state index contributed by atoms with van der Waals surface area (Å²) in [6, 6.07) is 11.0. The first-order valence-corrected chi connectivity index (χ1v) is 11.1. The zero-order chi connectivity index (χ0) is 21.8. The fourth-order valence-corrected chi connectivity index (χ4v) is 5.11. The molecule has 162 valence electrons. The highest BCUT2D eigenvalue weighted by molar-refractivity contribution is 6.02. The van der Waals surface area contributed by atoms with Crippen molar-refractivity contribution in [3.8, 4) is 22.4 Å². The van der Waals surface area contributed by atoms with Crippen molar-refractivity contribution in [3.05, 3.63) is 55.1 Å². The summed E-state index contributed by atoms with van der Waals surface area (Å²) in [5, 5.41) is 15.5. The zero-order valence-corrected chi connectivity index (χ0v) is 18.3. The predicted octanol–water partition coefficient (Wildman–Crippen LogP) is 3.82. The second-order valence-corrected chi connectivity index (χ2v) is 8.99. The van der Waals surface area contributed by atoms with E-state index >= 15 is 0 Å². The lowest BCUT2D eigenvalue weighted by Crippen LogP contribution is -2.36. The molecule has 7 nitrogen and oxygen atoms in total. The van der Waals surface area contributed by atoms with Gasteiger partial charge in [-0.2, -0.15) is 5.10 Å². The van der Waals surface area contributed by atoms with Crippen LogP contribution in [0.2, 0.25) is 0 Å². The van der Waals surface area contributed by atoms with E-state index in [9.17, 15) is 5.11 Å². The number of aliphatic hydroxyl groups excluding tert-OH is 1. The molecular weight excluding hydrogens is 400 g/mol. The first-order valence-electron chi connectivity index (χ1n) is 11.1. The molecular formula is C25H26N6O. The van der Waals surface area contributed by atoms with Crippen molar-refractivity contribution in [3.63, 3.8) is 0 Å². The molecule has 1 aliphatic heterocycles. The van der Waals surface area contributed by atoms with Crippen LogP contribution >= 0.6 is 0 Å². The van der Waals surface area contributed by atoms with Crippen molar-refractivity contribution >= 4 is 22.3 Å². The maximum atomic E-state index is 10.1. The number of nitrogens with zero attached hydrogens (tertiary/aromatic N) is 6. The number of aromatic nitrogens is 4. The first kappa shape index (κ1) is 19.3. The summed E-state index contributed by atoms with van der Waals surface area (Å²) in [5.74, 6) is 0. The van der Waals surface area contributed by atoms with Gasteiger partial charge in [0, 0.05) is 49.0 Å². The predicted molar refractivity (Wildman–Crippen MR) is 127 cm³/mol.